The van der Waals surface area contributed by atoms with Crippen molar-refractivity contribution in [2.45, 2.75) is 26.2 Å². The largest absolute Gasteiger partial charge is 0.332 e. The number of fused-ring (bicyclic) bond motifs is 1. The molecule has 3 rings (SSSR count). The van der Waals surface area contributed by atoms with E-state index in [9.17, 15) is 14.4 Å². The molecule has 0 saturated heterocycles. The molecule has 1 aliphatic rings. The molecule has 0 radical (unpaired) electrons. The van der Waals surface area contributed by atoms with Crippen LogP contribution < -0.4 is 16.6 Å². The predicted octanol–water partition coefficient (Wildman–Crippen LogP) is 0.543. The van der Waals surface area contributed by atoms with Gasteiger partial charge in [0.25, 0.3) is 5.56 Å². The number of anilines is 1. The molecule has 1 aliphatic carbocycles. The molecule has 1 N–H and O–H groups in total. The first-order valence-electron chi connectivity index (χ1n) is 7.34. The Morgan fingerprint density at radius 3 is 2.59 bits per heavy atom. The molecule has 2 aromatic heterocycles. The van der Waals surface area contributed by atoms with E-state index in [2.05, 4.69) is 10.3 Å². The van der Waals surface area contributed by atoms with Crippen molar-refractivity contribution in [1.82, 2.24) is 14.1 Å². The van der Waals surface area contributed by atoms with Gasteiger partial charge in [0.05, 0.1) is 5.69 Å². The predicted molar refractivity (Wildman–Crippen MR) is 83.0 cm³/mol. The summed E-state index contributed by atoms with van der Waals surface area (Å²) in [5, 5.41) is 3.16. The van der Waals surface area contributed by atoms with Crippen LogP contribution in [0.1, 0.15) is 25.3 Å². The van der Waals surface area contributed by atoms with Gasteiger partial charge in [0.2, 0.25) is 5.91 Å². The zero-order valence-electron chi connectivity index (χ0n) is 12.8. The summed E-state index contributed by atoms with van der Waals surface area (Å²) in [6.07, 6.45) is 4.01. The second kappa shape index (κ2) is 5.08. The minimum atomic E-state index is -0.438. The summed E-state index contributed by atoms with van der Waals surface area (Å²) in [5.41, 5.74) is 0.690. The summed E-state index contributed by atoms with van der Waals surface area (Å²) in [4.78, 5) is 40.9. The quantitative estimate of drug-likeness (QED) is 0.897. The number of rotatable bonds is 3. The number of aryl methyl sites for hydroxylation is 2. The molecule has 2 heterocycles. The molecule has 2 aromatic rings. The molecule has 0 atom stereocenters. The highest BCUT2D eigenvalue weighted by Gasteiger charge is 2.30. The maximum atomic E-state index is 12.5. The molecule has 22 heavy (non-hydrogen) atoms. The molecule has 0 aliphatic heterocycles. The third-order valence-corrected chi connectivity index (χ3v) is 4.12. The van der Waals surface area contributed by atoms with Crippen LogP contribution in [0.2, 0.25) is 0 Å². The fraction of sp³-hybridized carbons (Fsp3) is 0.467. The number of carbonyl (C=O) groups is 1. The number of carbonyl (C=O) groups excluding carboxylic acids is 1. The summed E-state index contributed by atoms with van der Waals surface area (Å²) in [6, 6.07) is 0. The van der Waals surface area contributed by atoms with Crippen LogP contribution >= 0.6 is 0 Å². The van der Waals surface area contributed by atoms with Crippen molar-refractivity contribution >= 4 is 22.6 Å². The third-order valence-electron chi connectivity index (χ3n) is 4.12. The Labute approximate surface area is 126 Å². The van der Waals surface area contributed by atoms with E-state index in [1.165, 1.54) is 11.6 Å². The SMILES string of the molecule is CCc1cnc2c(c1NC(=O)C1CC1)c(=O)n(C)c(=O)n2C. The van der Waals surface area contributed by atoms with Gasteiger partial charge in [-0.3, -0.25) is 18.7 Å². The number of hydrogen-bond acceptors (Lipinski definition) is 4. The minimum Gasteiger partial charge on any atom is -0.325 e. The van der Waals surface area contributed by atoms with E-state index in [1.54, 1.807) is 13.2 Å². The summed E-state index contributed by atoms with van der Waals surface area (Å²) in [7, 11) is 2.99. The number of aromatic nitrogens is 3. The Balaban J connectivity index is 2.33. The molecule has 0 unspecified atom stereocenters. The Kier molecular flexibility index (Phi) is 3.35. The number of nitrogens with zero attached hydrogens (tertiary/aromatic N) is 3. The van der Waals surface area contributed by atoms with Crippen LogP contribution in [-0.4, -0.2) is 20.0 Å². The van der Waals surface area contributed by atoms with E-state index in [1.807, 2.05) is 6.92 Å². The molecule has 0 aromatic carbocycles. The zero-order valence-corrected chi connectivity index (χ0v) is 12.8. The van der Waals surface area contributed by atoms with E-state index in [4.69, 9.17) is 0 Å². The van der Waals surface area contributed by atoms with E-state index >= 15 is 0 Å². The fourth-order valence-electron chi connectivity index (χ4n) is 2.55. The number of amides is 1. The number of hydrogen-bond donors (Lipinski definition) is 1. The lowest BCUT2D eigenvalue weighted by molar-refractivity contribution is -0.117. The standard InChI is InChI=1S/C15H18N4O3/c1-4-8-7-16-12-10(11(8)17-13(20)9-5-6-9)14(21)19(3)15(22)18(12)2/h7,9H,4-6H2,1-3H3,(H,16,17,20). The highest BCUT2D eigenvalue weighted by molar-refractivity contribution is 6.02. The molecular formula is C15H18N4O3. The van der Waals surface area contributed by atoms with Gasteiger partial charge >= 0.3 is 5.69 Å². The first-order chi connectivity index (χ1) is 10.5. The van der Waals surface area contributed by atoms with E-state index < -0.39 is 11.2 Å². The summed E-state index contributed by atoms with van der Waals surface area (Å²) >= 11 is 0. The van der Waals surface area contributed by atoms with Crippen molar-refractivity contribution < 1.29 is 4.79 Å². The Morgan fingerprint density at radius 1 is 1.32 bits per heavy atom. The Hall–Kier alpha value is -2.44. The second-order valence-corrected chi connectivity index (χ2v) is 5.68. The van der Waals surface area contributed by atoms with Crippen LogP contribution in [0.5, 0.6) is 0 Å². The van der Waals surface area contributed by atoms with Crippen molar-refractivity contribution in [2.24, 2.45) is 20.0 Å². The van der Waals surface area contributed by atoms with E-state index in [0.29, 0.717) is 12.1 Å². The van der Waals surface area contributed by atoms with Crippen LogP contribution in [0.4, 0.5) is 5.69 Å². The van der Waals surface area contributed by atoms with E-state index in [0.717, 1.165) is 23.0 Å². The summed E-state index contributed by atoms with van der Waals surface area (Å²) in [5.74, 6) is -0.0394. The monoisotopic (exact) mass is 302 g/mol. The van der Waals surface area contributed by atoms with Gasteiger partial charge in [0.15, 0.2) is 5.65 Å². The van der Waals surface area contributed by atoms with Gasteiger partial charge in [-0.25, -0.2) is 9.78 Å². The van der Waals surface area contributed by atoms with Gasteiger partial charge in [-0.05, 0) is 24.8 Å². The Morgan fingerprint density at radius 2 is 2.00 bits per heavy atom. The first kappa shape index (κ1) is 14.5. The maximum Gasteiger partial charge on any atom is 0.332 e. The first-order valence-corrected chi connectivity index (χ1v) is 7.34. The lowest BCUT2D eigenvalue weighted by Gasteiger charge is -2.14. The van der Waals surface area contributed by atoms with Crippen molar-refractivity contribution in [3.8, 4) is 0 Å². The van der Waals surface area contributed by atoms with Gasteiger partial charge < -0.3 is 5.32 Å². The molecular weight excluding hydrogens is 284 g/mol. The lowest BCUT2D eigenvalue weighted by Crippen LogP contribution is -2.38. The van der Waals surface area contributed by atoms with Crippen LogP contribution in [0.15, 0.2) is 15.8 Å². The van der Waals surface area contributed by atoms with Crippen molar-refractivity contribution in [3.63, 3.8) is 0 Å². The Bertz CT molecular complexity index is 890. The molecule has 0 bridgehead atoms. The van der Waals surface area contributed by atoms with Crippen LogP contribution in [0.3, 0.4) is 0 Å². The van der Waals surface area contributed by atoms with E-state index in [-0.39, 0.29) is 22.9 Å². The average molecular weight is 302 g/mol. The molecule has 1 fully saturated rings. The minimum absolute atomic E-state index is 0.0318. The van der Waals surface area contributed by atoms with Gasteiger partial charge in [0.1, 0.15) is 5.39 Å². The summed E-state index contributed by atoms with van der Waals surface area (Å²) in [6.45, 7) is 1.93. The molecule has 7 heteroatoms. The number of pyridine rings is 1. The van der Waals surface area contributed by atoms with Crippen molar-refractivity contribution in [1.29, 1.82) is 0 Å². The fourth-order valence-corrected chi connectivity index (χ4v) is 2.55. The van der Waals surface area contributed by atoms with Crippen LogP contribution in [0, 0.1) is 5.92 Å². The smallest absolute Gasteiger partial charge is 0.325 e. The summed E-state index contributed by atoms with van der Waals surface area (Å²) < 4.78 is 2.36. The highest BCUT2D eigenvalue weighted by Crippen LogP contribution is 2.32. The molecule has 116 valence electrons. The van der Waals surface area contributed by atoms with Gasteiger partial charge in [0, 0.05) is 26.2 Å². The zero-order chi connectivity index (χ0) is 16.0. The van der Waals surface area contributed by atoms with Crippen LogP contribution in [-0.2, 0) is 25.3 Å². The van der Waals surface area contributed by atoms with Gasteiger partial charge in [-0.15, -0.1) is 0 Å². The molecule has 1 amide bonds. The van der Waals surface area contributed by atoms with Gasteiger partial charge in [-0.1, -0.05) is 6.92 Å². The normalized spacial score (nSPS) is 14.3. The van der Waals surface area contributed by atoms with Crippen molar-refractivity contribution in [2.75, 3.05) is 5.32 Å². The molecule has 7 nitrogen and oxygen atoms in total. The lowest BCUT2D eigenvalue weighted by atomic mass is 10.1. The van der Waals surface area contributed by atoms with Crippen molar-refractivity contribution in [3.05, 3.63) is 32.6 Å². The second-order valence-electron chi connectivity index (χ2n) is 5.68. The average Bonchev–Trinajstić information content (AvgIpc) is 3.35. The third kappa shape index (κ3) is 2.13. The van der Waals surface area contributed by atoms with Crippen LogP contribution in [0.25, 0.3) is 11.0 Å². The number of nitrogens with one attached hydrogen (secondary N) is 1. The topological polar surface area (TPSA) is 86.0 Å². The molecule has 0 spiro atoms. The highest BCUT2D eigenvalue weighted by atomic mass is 16.2. The maximum absolute atomic E-state index is 12.5. The molecule has 1 saturated carbocycles. The van der Waals surface area contributed by atoms with Gasteiger partial charge in [-0.2, -0.15) is 0 Å².